The van der Waals surface area contributed by atoms with Crippen molar-refractivity contribution >= 4 is 39.9 Å². The van der Waals surface area contributed by atoms with Crippen LogP contribution in [-0.4, -0.2) is 17.9 Å². The number of anilines is 2. The van der Waals surface area contributed by atoms with Gasteiger partial charge < -0.3 is 4.74 Å². The summed E-state index contributed by atoms with van der Waals surface area (Å²) < 4.78 is 6.85. The number of aryl methyl sites for hydroxylation is 2. The predicted molar refractivity (Wildman–Crippen MR) is 119 cm³/mol. The molecule has 1 fully saturated rings. The van der Waals surface area contributed by atoms with E-state index in [1.54, 1.807) is 7.11 Å². The molecule has 1 aliphatic rings. The van der Waals surface area contributed by atoms with Gasteiger partial charge in [0.15, 0.2) is 17.4 Å². The van der Waals surface area contributed by atoms with E-state index in [9.17, 15) is 0 Å². The van der Waals surface area contributed by atoms with Crippen molar-refractivity contribution in [2.24, 2.45) is 0 Å². The first-order chi connectivity index (χ1) is 13.0. The quantitative estimate of drug-likeness (QED) is 0.268. The fourth-order valence-electron chi connectivity index (χ4n) is 3.02. The Bertz CT molecular complexity index is 939. The highest BCUT2D eigenvalue weighted by atomic mass is 127. The van der Waals surface area contributed by atoms with Crippen LogP contribution in [0.4, 0.5) is 11.5 Å². The second-order valence-corrected chi connectivity index (χ2v) is 7.97. The Morgan fingerprint density at radius 1 is 1.33 bits per heavy atom. The summed E-state index contributed by atoms with van der Waals surface area (Å²) in [6.45, 7) is 6.07. The normalized spacial score (nSPS) is 12.9. The van der Waals surface area contributed by atoms with Crippen molar-refractivity contribution < 1.29 is 4.74 Å². The molecule has 0 spiro atoms. The maximum atomic E-state index is 8.69. The first kappa shape index (κ1) is 19.7. The van der Waals surface area contributed by atoms with Crippen molar-refractivity contribution in [3.63, 3.8) is 0 Å². The van der Waals surface area contributed by atoms with E-state index in [-0.39, 0.29) is 5.84 Å². The number of nitrogens with zero attached hydrogens (tertiary/aromatic N) is 2. The average Bonchev–Trinajstić information content (AvgIpc) is 3.49. The Hall–Kier alpha value is -2.07. The number of rotatable bonds is 4. The van der Waals surface area contributed by atoms with Crippen molar-refractivity contribution in [2.75, 3.05) is 12.0 Å². The monoisotopic (exact) mass is 473 g/mol. The highest BCUT2D eigenvalue weighted by Crippen LogP contribution is 2.47. The van der Waals surface area contributed by atoms with E-state index in [1.807, 2.05) is 31.0 Å². The number of amidine groups is 1. The molecule has 5 heteroatoms. The molecule has 0 atom stereocenters. The maximum absolute atomic E-state index is 8.69. The topological polar surface area (TPSA) is 49.2 Å². The molecule has 2 aromatic rings. The van der Waals surface area contributed by atoms with Crippen LogP contribution >= 0.6 is 22.6 Å². The zero-order chi connectivity index (χ0) is 19.6. The SMILES string of the molecule is CCC#CC(=N)N(c1cc(C)c(I)cc1C1CC1)c1ncc(C)cc1OC. The molecule has 1 saturated carbocycles. The third-order valence-electron chi connectivity index (χ3n) is 4.57. The van der Waals surface area contributed by atoms with Gasteiger partial charge in [-0.15, -0.1) is 0 Å². The molecule has 1 aromatic heterocycles. The predicted octanol–water partition coefficient (Wildman–Crippen LogP) is 5.72. The molecule has 0 amide bonds. The van der Waals surface area contributed by atoms with Crippen LogP contribution in [0.25, 0.3) is 0 Å². The van der Waals surface area contributed by atoms with Crippen molar-refractivity contribution in [3.8, 4) is 17.6 Å². The number of hydrogen-bond donors (Lipinski definition) is 1. The van der Waals surface area contributed by atoms with Crippen molar-refractivity contribution in [1.29, 1.82) is 5.41 Å². The van der Waals surface area contributed by atoms with Gasteiger partial charge in [-0.1, -0.05) is 12.8 Å². The molecule has 1 N–H and O–H groups in total. The number of aromatic nitrogens is 1. The maximum Gasteiger partial charge on any atom is 0.184 e. The van der Waals surface area contributed by atoms with Gasteiger partial charge in [0.05, 0.1) is 12.8 Å². The summed E-state index contributed by atoms with van der Waals surface area (Å²) in [5.74, 6) is 8.02. The van der Waals surface area contributed by atoms with Gasteiger partial charge in [-0.25, -0.2) is 4.98 Å². The number of halogens is 1. The van der Waals surface area contributed by atoms with Crippen LogP contribution < -0.4 is 9.64 Å². The molecule has 0 saturated heterocycles. The van der Waals surface area contributed by atoms with Gasteiger partial charge >= 0.3 is 0 Å². The molecular weight excluding hydrogens is 449 g/mol. The van der Waals surface area contributed by atoms with Crippen LogP contribution in [0.1, 0.15) is 48.8 Å². The Morgan fingerprint density at radius 3 is 2.70 bits per heavy atom. The third kappa shape index (κ3) is 4.27. The molecule has 27 heavy (non-hydrogen) atoms. The molecule has 1 aliphatic carbocycles. The Balaban J connectivity index is 2.23. The number of hydrogen-bond acceptors (Lipinski definition) is 3. The lowest BCUT2D eigenvalue weighted by Gasteiger charge is -2.27. The number of methoxy groups -OCH3 is 1. The first-order valence-corrected chi connectivity index (χ1v) is 10.2. The molecule has 1 heterocycles. The molecule has 0 aliphatic heterocycles. The van der Waals surface area contributed by atoms with E-state index in [1.165, 1.54) is 27.5 Å². The molecule has 3 rings (SSSR count). The summed E-state index contributed by atoms with van der Waals surface area (Å²) in [5, 5.41) is 8.69. The summed E-state index contributed by atoms with van der Waals surface area (Å²) in [5.41, 5.74) is 4.45. The second kappa shape index (κ2) is 8.30. The van der Waals surface area contributed by atoms with Gasteiger partial charge in [0.25, 0.3) is 0 Å². The number of pyridine rings is 1. The lowest BCUT2D eigenvalue weighted by atomic mass is 10.0. The van der Waals surface area contributed by atoms with E-state index in [4.69, 9.17) is 10.1 Å². The van der Waals surface area contributed by atoms with Crippen LogP contribution in [0.2, 0.25) is 0 Å². The zero-order valence-corrected chi connectivity index (χ0v) is 18.3. The van der Waals surface area contributed by atoms with Gasteiger partial charge in [-0.2, -0.15) is 0 Å². The van der Waals surface area contributed by atoms with E-state index < -0.39 is 0 Å². The lowest BCUT2D eigenvalue weighted by molar-refractivity contribution is 0.414. The fourth-order valence-corrected chi connectivity index (χ4v) is 3.51. The highest BCUT2D eigenvalue weighted by molar-refractivity contribution is 14.1. The van der Waals surface area contributed by atoms with Crippen LogP contribution in [0.3, 0.4) is 0 Å². The van der Waals surface area contributed by atoms with Crippen LogP contribution in [0.15, 0.2) is 24.4 Å². The minimum Gasteiger partial charge on any atom is -0.493 e. The van der Waals surface area contributed by atoms with Gasteiger partial charge in [0.2, 0.25) is 0 Å². The standard InChI is InChI=1S/C22H24IN3O/c1-5-6-7-21(24)26(22-20(27-4)10-14(2)13-25-22)19-11-15(3)18(23)12-17(19)16-8-9-16/h10-13,16,24H,5,8-9H2,1-4H3. The summed E-state index contributed by atoms with van der Waals surface area (Å²) in [7, 11) is 1.64. The third-order valence-corrected chi connectivity index (χ3v) is 5.74. The summed E-state index contributed by atoms with van der Waals surface area (Å²) in [4.78, 5) is 6.46. The number of ether oxygens (including phenoxy) is 1. The van der Waals surface area contributed by atoms with Crippen LogP contribution in [0, 0.1) is 34.7 Å². The molecule has 0 radical (unpaired) electrons. The number of nitrogens with one attached hydrogen (secondary N) is 1. The van der Waals surface area contributed by atoms with E-state index in [0.717, 1.165) is 11.3 Å². The van der Waals surface area contributed by atoms with E-state index >= 15 is 0 Å². The van der Waals surface area contributed by atoms with Crippen molar-refractivity contribution in [1.82, 2.24) is 4.98 Å². The molecule has 140 valence electrons. The van der Waals surface area contributed by atoms with Gasteiger partial charge in [-0.05, 0) is 96.0 Å². The summed E-state index contributed by atoms with van der Waals surface area (Å²) in [6, 6.07) is 6.35. The van der Waals surface area contributed by atoms with Crippen molar-refractivity contribution in [3.05, 3.63) is 44.7 Å². The van der Waals surface area contributed by atoms with Crippen LogP contribution in [-0.2, 0) is 0 Å². The van der Waals surface area contributed by atoms with Gasteiger partial charge in [0, 0.05) is 16.2 Å². The minimum atomic E-state index is 0.217. The fraction of sp³-hybridized carbons (Fsp3) is 0.364. The minimum absolute atomic E-state index is 0.217. The molecule has 0 unspecified atom stereocenters. The van der Waals surface area contributed by atoms with E-state index in [0.29, 0.717) is 23.9 Å². The Kier molecular flexibility index (Phi) is 6.05. The first-order valence-electron chi connectivity index (χ1n) is 9.14. The zero-order valence-electron chi connectivity index (χ0n) is 16.2. The Morgan fingerprint density at radius 2 is 2.07 bits per heavy atom. The summed E-state index contributed by atoms with van der Waals surface area (Å²) in [6.07, 6.45) is 4.89. The molecule has 1 aromatic carbocycles. The molecule has 0 bridgehead atoms. The van der Waals surface area contributed by atoms with Crippen molar-refractivity contribution in [2.45, 2.75) is 46.0 Å². The lowest BCUT2D eigenvalue weighted by Crippen LogP contribution is -2.26. The van der Waals surface area contributed by atoms with Gasteiger partial charge in [-0.3, -0.25) is 10.3 Å². The van der Waals surface area contributed by atoms with E-state index in [2.05, 4.69) is 58.5 Å². The highest BCUT2D eigenvalue weighted by Gasteiger charge is 2.31. The number of benzene rings is 1. The Labute approximate surface area is 175 Å². The van der Waals surface area contributed by atoms with Crippen LogP contribution in [0.5, 0.6) is 5.75 Å². The largest absolute Gasteiger partial charge is 0.493 e. The second-order valence-electron chi connectivity index (χ2n) is 6.81. The summed E-state index contributed by atoms with van der Waals surface area (Å²) >= 11 is 2.38. The molecular formula is C22H24IN3O. The average molecular weight is 473 g/mol. The molecule has 4 nitrogen and oxygen atoms in total. The van der Waals surface area contributed by atoms with Gasteiger partial charge in [0.1, 0.15) is 0 Å². The smallest absolute Gasteiger partial charge is 0.184 e.